The normalized spacial score (nSPS) is 14.4. The number of ether oxygens (including phenoxy) is 1. The molecule has 0 saturated heterocycles. The average Bonchev–Trinajstić information content (AvgIpc) is 3.61. The number of hydrogen-bond donors (Lipinski definition) is 3. The third-order valence-corrected chi connectivity index (χ3v) is 6.98. The van der Waals surface area contributed by atoms with E-state index < -0.39 is 27.6 Å². The number of alkyl halides is 3. The summed E-state index contributed by atoms with van der Waals surface area (Å²) in [6.07, 6.45) is -2.59. The highest BCUT2D eigenvalue weighted by Crippen LogP contribution is 2.48. The molecule has 0 aliphatic heterocycles. The molecule has 37 heavy (non-hydrogen) atoms. The van der Waals surface area contributed by atoms with Gasteiger partial charge in [0.15, 0.2) is 0 Å². The van der Waals surface area contributed by atoms with E-state index in [2.05, 4.69) is 23.9 Å². The number of carbonyl (C=O) groups excluding carboxylic acids is 1. The standard InChI is InChI=1S/C23H30N2O4S.C2HF3O2/c1-17(2)16-18-4-10-21(11-5-18)30(27,28)25-20-8-6-19(7-9-20)23(12-13-23)22(26)24-14-15-29-3;3-2(4,5)1(6)7/h4-11,17,25H,12-16H2,1-3H3,(H,24,26);(H,6,7). The van der Waals surface area contributed by atoms with Gasteiger partial charge in [0.05, 0.1) is 16.9 Å². The molecule has 1 aliphatic rings. The van der Waals surface area contributed by atoms with E-state index in [1.165, 1.54) is 0 Å². The van der Waals surface area contributed by atoms with Gasteiger partial charge < -0.3 is 15.2 Å². The van der Waals surface area contributed by atoms with Crippen molar-refractivity contribution in [1.82, 2.24) is 5.32 Å². The Bertz CT molecular complexity index is 1160. The predicted octanol–water partition coefficient (Wildman–Crippen LogP) is 4.11. The summed E-state index contributed by atoms with van der Waals surface area (Å²) in [7, 11) is -2.07. The molecule has 0 atom stereocenters. The van der Waals surface area contributed by atoms with Gasteiger partial charge in [0, 0.05) is 19.3 Å². The highest BCUT2D eigenvalue weighted by atomic mass is 32.2. The second-order valence-electron chi connectivity index (χ2n) is 9.06. The molecule has 0 unspecified atom stereocenters. The van der Waals surface area contributed by atoms with Gasteiger partial charge in [-0.15, -0.1) is 0 Å². The summed E-state index contributed by atoms with van der Waals surface area (Å²) >= 11 is 0. The number of amides is 1. The number of rotatable bonds is 10. The zero-order valence-corrected chi connectivity index (χ0v) is 21.6. The van der Waals surface area contributed by atoms with Crippen LogP contribution in [-0.2, 0) is 36.2 Å². The van der Waals surface area contributed by atoms with Gasteiger partial charge in [-0.05, 0) is 60.6 Å². The average molecular weight is 545 g/mol. The van der Waals surface area contributed by atoms with Crippen molar-refractivity contribution in [3.05, 3.63) is 59.7 Å². The molecule has 1 aliphatic carbocycles. The van der Waals surface area contributed by atoms with Gasteiger partial charge in [0.2, 0.25) is 5.91 Å². The Hall–Kier alpha value is -3.12. The molecule has 1 fully saturated rings. The van der Waals surface area contributed by atoms with Gasteiger partial charge in [0.1, 0.15) is 0 Å². The van der Waals surface area contributed by atoms with Crippen LogP contribution in [0.4, 0.5) is 18.9 Å². The lowest BCUT2D eigenvalue weighted by molar-refractivity contribution is -0.192. The lowest BCUT2D eigenvalue weighted by Gasteiger charge is -2.16. The highest BCUT2D eigenvalue weighted by molar-refractivity contribution is 7.92. The summed E-state index contributed by atoms with van der Waals surface area (Å²) in [6, 6.07) is 14.1. The van der Waals surface area contributed by atoms with Crippen molar-refractivity contribution in [3.8, 4) is 0 Å². The van der Waals surface area contributed by atoms with Crippen LogP contribution in [-0.4, -0.2) is 51.8 Å². The number of hydrogen-bond acceptors (Lipinski definition) is 5. The van der Waals surface area contributed by atoms with Crippen molar-refractivity contribution < 1.29 is 41.0 Å². The number of carboxylic acids is 1. The molecule has 0 bridgehead atoms. The zero-order valence-electron chi connectivity index (χ0n) is 20.8. The minimum atomic E-state index is -5.08. The monoisotopic (exact) mass is 544 g/mol. The van der Waals surface area contributed by atoms with Gasteiger partial charge in [0.25, 0.3) is 10.0 Å². The molecule has 0 heterocycles. The minimum absolute atomic E-state index is 0.00521. The zero-order chi connectivity index (χ0) is 27.9. The Morgan fingerprint density at radius 3 is 2.03 bits per heavy atom. The van der Waals surface area contributed by atoms with Gasteiger partial charge in [-0.25, -0.2) is 13.2 Å². The molecule has 3 N–H and O–H groups in total. The first kappa shape index (κ1) is 30.1. The van der Waals surface area contributed by atoms with Crippen LogP contribution in [0.15, 0.2) is 53.4 Å². The Morgan fingerprint density at radius 1 is 1.05 bits per heavy atom. The number of carbonyl (C=O) groups is 2. The number of methoxy groups -OCH3 is 1. The summed E-state index contributed by atoms with van der Waals surface area (Å²) in [5, 5.41) is 10.0. The number of anilines is 1. The minimum Gasteiger partial charge on any atom is -0.475 e. The van der Waals surface area contributed by atoms with Crippen LogP contribution in [0.25, 0.3) is 0 Å². The fourth-order valence-corrected chi connectivity index (χ4v) is 4.61. The first-order valence-corrected chi connectivity index (χ1v) is 13.0. The molecule has 3 rings (SSSR count). The van der Waals surface area contributed by atoms with Crippen LogP contribution in [0.3, 0.4) is 0 Å². The van der Waals surface area contributed by atoms with E-state index in [9.17, 15) is 26.4 Å². The predicted molar refractivity (Wildman–Crippen MR) is 132 cm³/mol. The highest BCUT2D eigenvalue weighted by Gasteiger charge is 2.51. The summed E-state index contributed by atoms with van der Waals surface area (Å²) < 4.78 is 64.7. The fourth-order valence-electron chi connectivity index (χ4n) is 3.56. The second-order valence-corrected chi connectivity index (χ2v) is 10.7. The van der Waals surface area contributed by atoms with Crippen molar-refractivity contribution in [2.75, 3.05) is 25.0 Å². The lowest BCUT2D eigenvalue weighted by atomic mass is 9.95. The number of benzene rings is 2. The summed E-state index contributed by atoms with van der Waals surface area (Å²) in [4.78, 5) is 21.6. The van der Waals surface area contributed by atoms with Gasteiger partial charge in [-0.2, -0.15) is 13.2 Å². The first-order chi connectivity index (χ1) is 17.2. The third-order valence-electron chi connectivity index (χ3n) is 5.59. The van der Waals surface area contributed by atoms with E-state index in [0.717, 1.165) is 30.4 Å². The summed E-state index contributed by atoms with van der Waals surface area (Å²) in [5.74, 6) is -2.25. The molecule has 8 nitrogen and oxygen atoms in total. The summed E-state index contributed by atoms with van der Waals surface area (Å²) in [5.41, 5.74) is 1.99. The Morgan fingerprint density at radius 2 is 1.59 bits per heavy atom. The number of nitrogens with one attached hydrogen (secondary N) is 2. The molecular weight excluding hydrogens is 513 g/mol. The third kappa shape index (κ3) is 8.74. The maximum Gasteiger partial charge on any atom is 0.490 e. The van der Waals surface area contributed by atoms with Crippen molar-refractivity contribution >= 4 is 27.6 Å². The topological polar surface area (TPSA) is 122 Å². The number of sulfonamides is 1. The molecular formula is C25H31F3N2O6S. The van der Waals surface area contributed by atoms with Crippen molar-refractivity contribution in [2.24, 2.45) is 5.92 Å². The molecule has 12 heteroatoms. The van der Waals surface area contributed by atoms with Crippen LogP contribution in [0.2, 0.25) is 0 Å². The number of carboxylic acid groups (broad SMARTS) is 1. The number of halogens is 3. The molecule has 204 valence electrons. The van der Waals surface area contributed by atoms with Gasteiger partial charge >= 0.3 is 12.1 Å². The molecule has 1 saturated carbocycles. The van der Waals surface area contributed by atoms with E-state index in [4.69, 9.17) is 14.6 Å². The maximum atomic E-state index is 12.7. The second kappa shape index (κ2) is 12.4. The van der Waals surface area contributed by atoms with Crippen LogP contribution < -0.4 is 10.0 Å². The maximum absolute atomic E-state index is 12.7. The SMILES string of the molecule is COCCNC(=O)C1(c2ccc(NS(=O)(=O)c3ccc(CC(C)C)cc3)cc2)CC1.O=C(O)C(F)(F)F. The smallest absolute Gasteiger partial charge is 0.475 e. The quantitative estimate of drug-likeness (QED) is 0.387. The van der Waals surface area contributed by atoms with Crippen LogP contribution >= 0.6 is 0 Å². The van der Waals surface area contributed by atoms with Crippen LogP contribution in [0.5, 0.6) is 0 Å². The number of aliphatic carboxylic acids is 1. The molecule has 1 amide bonds. The Kier molecular flexibility index (Phi) is 10.1. The van der Waals surface area contributed by atoms with E-state index in [0.29, 0.717) is 24.8 Å². The Balaban J connectivity index is 0.000000604. The summed E-state index contributed by atoms with van der Waals surface area (Å²) in [6.45, 7) is 5.21. The van der Waals surface area contributed by atoms with Crippen LogP contribution in [0.1, 0.15) is 37.8 Å². The van der Waals surface area contributed by atoms with Crippen LogP contribution in [0, 0.1) is 5.92 Å². The van der Waals surface area contributed by atoms with E-state index in [1.54, 1.807) is 31.4 Å². The van der Waals surface area contributed by atoms with E-state index in [-0.39, 0.29) is 10.8 Å². The van der Waals surface area contributed by atoms with Gasteiger partial charge in [-0.1, -0.05) is 38.1 Å². The molecule has 0 aromatic heterocycles. The Labute approximate surface area is 214 Å². The van der Waals surface area contributed by atoms with Crippen molar-refractivity contribution in [3.63, 3.8) is 0 Å². The van der Waals surface area contributed by atoms with Gasteiger partial charge in [-0.3, -0.25) is 9.52 Å². The van der Waals surface area contributed by atoms with E-state index >= 15 is 0 Å². The van der Waals surface area contributed by atoms with Crippen molar-refractivity contribution in [2.45, 2.75) is 49.6 Å². The molecule has 2 aromatic rings. The molecule has 0 radical (unpaired) electrons. The van der Waals surface area contributed by atoms with Crippen molar-refractivity contribution in [1.29, 1.82) is 0 Å². The van der Waals surface area contributed by atoms with E-state index in [1.807, 2.05) is 24.3 Å². The molecule has 2 aromatic carbocycles. The first-order valence-electron chi connectivity index (χ1n) is 11.5. The molecule has 0 spiro atoms. The lowest BCUT2D eigenvalue weighted by Crippen LogP contribution is -2.36. The fraction of sp³-hybridized carbons (Fsp3) is 0.440. The largest absolute Gasteiger partial charge is 0.490 e.